The Morgan fingerprint density at radius 1 is 1.09 bits per heavy atom. The first-order valence-corrected chi connectivity index (χ1v) is 11.6. The van der Waals surface area contributed by atoms with E-state index in [1.54, 1.807) is 6.20 Å². The van der Waals surface area contributed by atoms with E-state index in [-0.39, 0.29) is 0 Å². The van der Waals surface area contributed by atoms with Crippen molar-refractivity contribution < 1.29 is 4.52 Å². The minimum atomic E-state index is 0.449. The molecule has 174 valence electrons. The fourth-order valence-corrected chi connectivity index (χ4v) is 3.95. The molecule has 4 rings (SSSR count). The Balaban J connectivity index is 1.21. The molecule has 0 amide bonds. The van der Waals surface area contributed by atoms with Crippen molar-refractivity contribution in [2.24, 2.45) is 4.99 Å². The maximum Gasteiger partial charge on any atom is 0.276 e. The van der Waals surface area contributed by atoms with Crippen LogP contribution in [0.1, 0.15) is 36.7 Å². The molecule has 33 heavy (non-hydrogen) atoms. The molecule has 0 unspecified atom stereocenters. The number of aliphatic imine (C=N–C) groups is 1. The summed E-state index contributed by atoms with van der Waals surface area (Å²) < 4.78 is 5.33. The molecule has 3 heterocycles. The first-order chi connectivity index (χ1) is 16.1. The second-order valence-electron chi connectivity index (χ2n) is 8.61. The van der Waals surface area contributed by atoms with E-state index in [1.165, 1.54) is 11.1 Å². The van der Waals surface area contributed by atoms with Gasteiger partial charge in [-0.05, 0) is 29.2 Å². The van der Waals surface area contributed by atoms with Crippen molar-refractivity contribution in [1.82, 2.24) is 30.2 Å². The number of rotatable bonds is 7. The summed E-state index contributed by atoms with van der Waals surface area (Å²) in [6, 6.07) is 14.7. The van der Waals surface area contributed by atoms with Gasteiger partial charge in [-0.2, -0.15) is 4.98 Å². The number of guanidine groups is 1. The summed E-state index contributed by atoms with van der Waals surface area (Å²) in [5.74, 6) is 2.60. The van der Waals surface area contributed by atoms with Gasteiger partial charge in [-0.1, -0.05) is 49.3 Å². The zero-order valence-electron chi connectivity index (χ0n) is 19.7. The lowest BCUT2D eigenvalue weighted by Gasteiger charge is -2.36. The monoisotopic (exact) mass is 447 g/mol. The van der Waals surface area contributed by atoms with Crippen LogP contribution in [0.2, 0.25) is 0 Å². The molecule has 0 atom stereocenters. The molecular formula is C25H33N7O. The number of hydrogen-bond acceptors (Lipinski definition) is 6. The second-order valence-corrected chi connectivity index (χ2v) is 8.61. The molecule has 1 aliphatic heterocycles. The van der Waals surface area contributed by atoms with Gasteiger partial charge in [-0.15, -0.1) is 0 Å². The molecule has 1 N–H and O–H groups in total. The molecule has 3 aromatic rings. The number of nitrogens with one attached hydrogen (secondary N) is 1. The van der Waals surface area contributed by atoms with Crippen molar-refractivity contribution >= 4 is 5.96 Å². The Labute approximate surface area is 195 Å². The van der Waals surface area contributed by atoms with Gasteiger partial charge >= 0.3 is 0 Å². The van der Waals surface area contributed by atoms with Gasteiger partial charge in [0.25, 0.3) is 5.89 Å². The van der Waals surface area contributed by atoms with Crippen LogP contribution < -0.4 is 5.32 Å². The van der Waals surface area contributed by atoms with Crippen molar-refractivity contribution in [2.75, 3.05) is 39.8 Å². The minimum absolute atomic E-state index is 0.449. The van der Waals surface area contributed by atoms with E-state index in [0.29, 0.717) is 36.3 Å². The third-order valence-corrected chi connectivity index (χ3v) is 5.92. The standard InChI is InChI=1S/C25H33N7O/c1-19(2)21-9-7-20(8-10-21)18-31-14-16-32(17-15-31)25(26-3)28-13-11-23-29-24(33-30-23)22-6-4-5-12-27-22/h4-10,12,19H,11,13-18H2,1-3H3,(H,26,28). The summed E-state index contributed by atoms with van der Waals surface area (Å²) in [6.45, 7) is 10.1. The number of piperazine rings is 1. The Morgan fingerprint density at radius 3 is 2.55 bits per heavy atom. The minimum Gasteiger partial charge on any atom is -0.356 e. The normalized spacial score (nSPS) is 15.3. The number of pyridine rings is 1. The summed E-state index contributed by atoms with van der Waals surface area (Å²) in [6.07, 6.45) is 2.37. The highest BCUT2D eigenvalue weighted by atomic mass is 16.5. The molecule has 0 bridgehead atoms. The third kappa shape index (κ3) is 6.16. The molecule has 2 aromatic heterocycles. The van der Waals surface area contributed by atoms with Gasteiger partial charge in [0.15, 0.2) is 11.8 Å². The van der Waals surface area contributed by atoms with Gasteiger partial charge in [0.05, 0.1) is 0 Å². The van der Waals surface area contributed by atoms with Crippen molar-refractivity contribution in [3.63, 3.8) is 0 Å². The van der Waals surface area contributed by atoms with Crippen LogP contribution in [-0.2, 0) is 13.0 Å². The van der Waals surface area contributed by atoms with Gasteiger partial charge in [-0.3, -0.25) is 14.9 Å². The number of hydrogen-bond donors (Lipinski definition) is 1. The van der Waals surface area contributed by atoms with Crippen molar-refractivity contribution in [1.29, 1.82) is 0 Å². The molecule has 0 spiro atoms. The zero-order chi connectivity index (χ0) is 23.0. The highest BCUT2D eigenvalue weighted by Crippen LogP contribution is 2.16. The quantitative estimate of drug-likeness (QED) is 0.440. The van der Waals surface area contributed by atoms with Crippen LogP contribution in [0, 0.1) is 0 Å². The van der Waals surface area contributed by atoms with Crippen LogP contribution in [0.5, 0.6) is 0 Å². The molecule has 1 fully saturated rings. The maximum atomic E-state index is 5.33. The fourth-order valence-electron chi connectivity index (χ4n) is 3.95. The predicted octanol–water partition coefficient (Wildman–Crippen LogP) is 3.19. The van der Waals surface area contributed by atoms with Gasteiger partial charge < -0.3 is 14.7 Å². The number of nitrogens with zero attached hydrogens (tertiary/aromatic N) is 6. The zero-order valence-corrected chi connectivity index (χ0v) is 19.7. The number of benzene rings is 1. The maximum absolute atomic E-state index is 5.33. The summed E-state index contributed by atoms with van der Waals surface area (Å²) in [7, 11) is 1.83. The van der Waals surface area contributed by atoms with Gasteiger partial charge in [-0.25, -0.2) is 0 Å². The summed E-state index contributed by atoms with van der Waals surface area (Å²) in [5.41, 5.74) is 3.46. The molecular weight excluding hydrogens is 414 g/mol. The Bertz CT molecular complexity index is 1020. The van der Waals surface area contributed by atoms with Crippen LogP contribution >= 0.6 is 0 Å². The Kier molecular flexibility index (Phi) is 7.67. The van der Waals surface area contributed by atoms with Crippen molar-refractivity contribution in [3.8, 4) is 11.6 Å². The average Bonchev–Trinajstić information content (AvgIpc) is 3.32. The van der Waals surface area contributed by atoms with Crippen LogP contribution in [0.3, 0.4) is 0 Å². The SMILES string of the molecule is CN=C(NCCc1noc(-c2ccccn2)n1)N1CCN(Cc2ccc(C(C)C)cc2)CC1. The largest absolute Gasteiger partial charge is 0.356 e. The third-order valence-electron chi connectivity index (χ3n) is 5.92. The Morgan fingerprint density at radius 2 is 1.88 bits per heavy atom. The first-order valence-electron chi connectivity index (χ1n) is 11.6. The molecule has 8 nitrogen and oxygen atoms in total. The van der Waals surface area contributed by atoms with Crippen molar-refractivity contribution in [3.05, 3.63) is 65.6 Å². The lowest BCUT2D eigenvalue weighted by molar-refractivity contribution is 0.172. The topological polar surface area (TPSA) is 82.7 Å². The van der Waals surface area contributed by atoms with Gasteiger partial charge in [0.1, 0.15) is 5.69 Å². The number of aromatic nitrogens is 3. The summed E-state index contributed by atoms with van der Waals surface area (Å²) in [5, 5.41) is 7.50. The van der Waals surface area contributed by atoms with Crippen LogP contribution in [-0.4, -0.2) is 70.7 Å². The molecule has 1 saturated heterocycles. The van der Waals surface area contributed by atoms with E-state index >= 15 is 0 Å². The lowest BCUT2D eigenvalue weighted by Crippen LogP contribution is -2.52. The molecule has 0 saturated carbocycles. The molecule has 0 radical (unpaired) electrons. The van der Waals surface area contributed by atoms with Crippen LogP contribution in [0.25, 0.3) is 11.6 Å². The van der Waals surface area contributed by atoms with Crippen molar-refractivity contribution in [2.45, 2.75) is 32.7 Å². The second kappa shape index (κ2) is 11.0. The van der Waals surface area contributed by atoms with E-state index < -0.39 is 0 Å². The smallest absolute Gasteiger partial charge is 0.276 e. The van der Waals surface area contributed by atoms with E-state index in [0.717, 1.165) is 38.7 Å². The van der Waals surface area contributed by atoms with E-state index in [4.69, 9.17) is 4.52 Å². The highest BCUT2D eigenvalue weighted by Gasteiger charge is 2.20. The molecule has 1 aliphatic rings. The van der Waals surface area contributed by atoms with E-state index in [2.05, 4.69) is 73.3 Å². The molecule has 8 heteroatoms. The van der Waals surface area contributed by atoms with E-state index in [1.807, 2.05) is 25.2 Å². The average molecular weight is 448 g/mol. The highest BCUT2D eigenvalue weighted by molar-refractivity contribution is 5.80. The van der Waals surface area contributed by atoms with Crippen LogP contribution in [0.15, 0.2) is 58.2 Å². The van der Waals surface area contributed by atoms with Gasteiger partial charge in [0.2, 0.25) is 0 Å². The lowest BCUT2D eigenvalue weighted by atomic mass is 10.0. The first kappa shape index (κ1) is 22.9. The summed E-state index contributed by atoms with van der Waals surface area (Å²) >= 11 is 0. The summed E-state index contributed by atoms with van der Waals surface area (Å²) in [4.78, 5) is 18.0. The molecule has 1 aromatic carbocycles. The Hall–Kier alpha value is -3.26. The predicted molar refractivity (Wildman–Crippen MR) is 130 cm³/mol. The van der Waals surface area contributed by atoms with Gasteiger partial charge in [0, 0.05) is 58.9 Å². The van der Waals surface area contributed by atoms with Crippen LogP contribution in [0.4, 0.5) is 0 Å². The van der Waals surface area contributed by atoms with E-state index in [9.17, 15) is 0 Å². The fraction of sp³-hybridized carbons (Fsp3) is 0.440. The molecule has 0 aliphatic carbocycles.